The third-order valence-electron chi connectivity index (χ3n) is 11.2. The second kappa shape index (κ2) is 11.8. The number of anilines is 2. The Morgan fingerprint density at radius 1 is 1.18 bits per heavy atom. The van der Waals surface area contributed by atoms with Crippen molar-refractivity contribution in [3.05, 3.63) is 34.4 Å². The second-order valence-corrected chi connectivity index (χ2v) is 15.7. The number of thiophene rings is 1. The quantitative estimate of drug-likeness (QED) is 0.219. The molecule has 1 aliphatic carbocycles. The fourth-order valence-electron chi connectivity index (χ4n) is 8.49. The molecule has 4 aliphatic rings. The Morgan fingerprint density at radius 3 is 2.69 bits per heavy atom. The lowest BCUT2D eigenvalue weighted by Crippen LogP contribution is -2.58. The first-order valence-electron chi connectivity index (χ1n) is 16.7. The maximum Gasteiger partial charge on any atom is 0.319 e. The van der Waals surface area contributed by atoms with Crippen LogP contribution in [0.5, 0.6) is 11.8 Å². The summed E-state index contributed by atoms with van der Waals surface area (Å²) >= 11 is 8.04. The molecule has 0 bridgehead atoms. The van der Waals surface area contributed by atoms with Crippen LogP contribution in [0.15, 0.2) is 12.1 Å². The summed E-state index contributed by atoms with van der Waals surface area (Å²) in [5.41, 5.74) is 5.63. The predicted molar refractivity (Wildman–Crippen MR) is 186 cm³/mol. The number of rotatable bonds is 7. The number of hydrogen-bond acceptors (Lipinski definition) is 10. The van der Waals surface area contributed by atoms with E-state index in [1.165, 1.54) is 12.1 Å². The number of aromatic nitrogens is 2. The van der Waals surface area contributed by atoms with E-state index in [0.29, 0.717) is 37.3 Å². The molecule has 1 saturated carbocycles. The van der Waals surface area contributed by atoms with E-state index in [2.05, 4.69) is 39.8 Å². The van der Waals surface area contributed by atoms with Gasteiger partial charge in [-0.25, -0.2) is 13.2 Å². The number of likely N-dealkylation sites (N-methyl/N-ethyl adjacent to an activating group) is 1. The Kier molecular flexibility index (Phi) is 7.83. The molecule has 0 spiro atoms. The van der Waals surface area contributed by atoms with E-state index in [0.717, 1.165) is 50.0 Å². The first-order valence-corrected chi connectivity index (χ1v) is 17.9. The summed E-state index contributed by atoms with van der Waals surface area (Å²) < 4.78 is 59.9. The summed E-state index contributed by atoms with van der Waals surface area (Å²) in [5, 5.41) is 10.5. The fraction of sp³-hybridized carbons (Fsp3) is 0.514. The van der Waals surface area contributed by atoms with Crippen LogP contribution in [0.2, 0.25) is 5.02 Å². The van der Waals surface area contributed by atoms with Crippen molar-refractivity contribution in [2.24, 2.45) is 0 Å². The zero-order chi connectivity index (χ0) is 34.4. The van der Waals surface area contributed by atoms with Crippen LogP contribution in [0.3, 0.4) is 0 Å². The molecule has 4 aromatic rings. The normalized spacial score (nSPS) is 24.6. The van der Waals surface area contributed by atoms with Crippen LogP contribution in [0.1, 0.15) is 51.0 Å². The molecule has 258 valence electrons. The van der Waals surface area contributed by atoms with Crippen molar-refractivity contribution in [3.8, 4) is 29.0 Å². The van der Waals surface area contributed by atoms with Crippen molar-refractivity contribution in [2.45, 2.75) is 68.8 Å². The average Bonchev–Trinajstić information content (AvgIpc) is 3.66. The van der Waals surface area contributed by atoms with Crippen molar-refractivity contribution >= 4 is 54.7 Å². The lowest BCUT2D eigenvalue weighted by atomic mass is 9.75. The molecule has 49 heavy (non-hydrogen) atoms. The van der Waals surface area contributed by atoms with Gasteiger partial charge in [0, 0.05) is 36.0 Å². The highest BCUT2D eigenvalue weighted by atomic mass is 35.5. The molecule has 14 heteroatoms. The fourth-order valence-corrected chi connectivity index (χ4v) is 9.77. The molecule has 2 aromatic carbocycles. The van der Waals surface area contributed by atoms with E-state index in [9.17, 15) is 9.65 Å². The van der Waals surface area contributed by atoms with Crippen molar-refractivity contribution in [2.75, 3.05) is 57.5 Å². The molecule has 8 rings (SSSR count). The van der Waals surface area contributed by atoms with Gasteiger partial charge in [-0.15, -0.1) is 11.3 Å². The van der Waals surface area contributed by atoms with E-state index in [-0.39, 0.29) is 72.3 Å². The van der Waals surface area contributed by atoms with E-state index >= 15 is 8.78 Å². The number of nitrogen functional groups attached to an aromatic ring is 1. The minimum atomic E-state index is -0.938. The standard InChI is InChI=1S/C35H37ClF3N7O2S/c1-18-14-45(16-34(44(2)3)8-4-9-34)32-25-28(42-33(43-32)47-17-35-10-5-11-46(35)15-19(37)12-35)27(39)24(26(36)29(25)48-18)20-6-7-22(38)30-23(20)21(13-40)31(41)49-30/h6-7,18-19H,4-5,8-12,14-17,41H2,1-3H3/t18-,19+,35-/m0/s1. The summed E-state index contributed by atoms with van der Waals surface area (Å²) in [6.07, 6.45) is 3.87. The molecular formula is C35H37ClF3N7O2S. The number of hydrogen-bond donors (Lipinski definition) is 1. The van der Waals surface area contributed by atoms with Gasteiger partial charge in [-0.2, -0.15) is 15.2 Å². The Hall–Kier alpha value is -3.57. The van der Waals surface area contributed by atoms with E-state index in [1.54, 1.807) is 0 Å². The molecule has 2 aromatic heterocycles. The van der Waals surface area contributed by atoms with Crippen LogP contribution in [0, 0.1) is 23.0 Å². The summed E-state index contributed by atoms with van der Waals surface area (Å²) in [5.74, 6) is -0.722. The van der Waals surface area contributed by atoms with Gasteiger partial charge in [0.15, 0.2) is 11.6 Å². The third kappa shape index (κ3) is 5.00. The lowest BCUT2D eigenvalue weighted by molar-refractivity contribution is 0.0653. The number of fused-ring (bicyclic) bond motifs is 2. The summed E-state index contributed by atoms with van der Waals surface area (Å²) in [4.78, 5) is 16.1. The number of alkyl halides is 1. The zero-order valence-electron chi connectivity index (χ0n) is 27.6. The van der Waals surface area contributed by atoms with Crippen molar-refractivity contribution in [1.82, 2.24) is 19.8 Å². The van der Waals surface area contributed by atoms with Crippen LogP contribution >= 0.6 is 22.9 Å². The molecule has 9 nitrogen and oxygen atoms in total. The van der Waals surface area contributed by atoms with Crippen molar-refractivity contribution < 1.29 is 22.6 Å². The highest BCUT2D eigenvalue weighted by molar-refractivity contribution is 7.23. The van der Waals surface area contributed by atoms with Gasteiger partial charge >= 0.3 is 6.01 Å². The SMILES string of the molecule is C[C@H]1CN(CC2(N(C)C)CCC2)c2nc(OC[C@@]34CCCN3C[C@H](F)C4)nc3c(F)c(-c4ccc(F)c5sc(N)c(C#N)c45)c(Cl)c(c23)O1. The molecule has 0 amide bonds. The van der Waals surface area contributed by atoms with Gasteiger partial charge in [0.1, 0.15) is 47.1 Å². The van der Waals surface area contributed by atoms with Gasteiger partial charge in [0.05, 0.1) is 32.8 Å². The van der Waals surface area contributed by atoms with Crippen molar-refractivity contribution in [1.29, 1.82) is 5.26 Å². The Balaban J connectivity index is 1.35. The summed E-state index contributed by atoms with van der Waals surface area (Å²) in [6.45, 7) is 4.30. The highest BCUT2D eigenvalue weighted by Crippen LogP contribution is 2.52. The lowest BCUT2D eigenvalue weighted by Gasteiger charge is -2.50. The number of nitrogens with zero attached hydrogens (tertiary/aromatic N) is 6. The van der Waals surface area contributed by atoms with Crippen LogP contribution in [-0.4, -0.2) is 90.0 Å². The summed E-state index contributed by atoms with van der Waals surface area (Å²) in [7, 11) is 4.14. The van der Waals surface area contributed by atoms with E-state index < -0.39 is 23.3 Å². The van der Waals surface area contributed by atoms with Gasteiger partial charge < -0.3 is 25.0 Å². The minimum absolute atomic E-state index is 0.0297. The Morgan fingerprint density at radius 2 is 1.98 bits per heavy atom. The number of nitriles is 1. The predicted octanol–water partition coefficient (Wildman–Crippen LogP) is 6.92. The van der Waals surface area contributed by atoms with Crippen molar-refractivity contribution in [3.63, 3.8) is 0 Å². The number of ether oxygens (including phenoxy) is 2. The number of halogens is 4. The third-order valence-corrected chi connectivity index (χ3v) is 12.6. The van der Waals surface area contributed by atoms with Gasteiger partial charge in [-0.05, 0) is 71.3 Å². The molecule has 3 aliphatic heterocycles. The number of nitrogens with two attached hydrogens (primary N) is 1. The summed E-state index contributed by atoms with van der Waals surface area (Å²) in [6, 6.07) is 4.64. The molecular weight excluding hydrogens is 675 g/mol. The van der Waals surface area contributed by atoms with E-state index in [1.807, 2.05) is 6.92 Å². The second-order valence-electron chi connectivity index (χ2n) is 14.3. The molecule has 2 saturated heterocycles. The molecule has 2 N–H and O–H groups in total. The van der Waals surface area contributed by atoms with Gasteiger partial charge in [0.2, 0.25) is 0 Å². The topological polar surface area (TPSA) is 104 Å². The molecule has 3 atom stereocenters. The smallest absolute Gasteiger partial charge is 0.319 e. The Bertz CT molecular complexity index is 2050. The van der Waals surface area contributed by atoms with E-state index in [4.69, 9.17) is 31.8 Å². The van der Waals surface area contributed by atoms with Gasteiger partial charge in [-0.3, -0.25) is 4.90 Å². The monoisotopic (exact) mass is 711 g/mol. The van der Waals surface area contributed by atoms with Crippen LogP contribution < -0.4 is 20.1 Å². The number of benzene rings is 2. The highest BCUT2D eigenvalue weighted by Gasteiger charge is 2.50. The first-order chi connectivity index (χ1) is 23.4. The zero-order valence-corrected chi connectivity index (χ0v) is 29.2. The first kappa shape index (κ1) is 32.6. The molecule has 0 radical (unpaired) electrons. The maximum absolute atomic E-state index is 17.3. The van der Waals surface area contributed by atoms with Crippen LogP contribution in [0.25, 0.3) is 32.1 Å². The average molecular weight is 712 g/mol. The van der Waals surface area contributed by atoms with Crippen LogP contribution in [-0.2, 0) is 0 Å². The van der Waals surface area contributed by atoms with Gasteiger partial charge in [-0.1, -0.05) is 17.7 Å². The van der Waals surface area contributed by atoms with Crippen LogP contribution in [0.4, 0.5) is 24.0 Å². The molecule has 0 unspecified atom stereocenters. The van der Waals surface area contributed by atoms with Gasteiger partial charge in [0.25, 0.3) is 0 Å². The largest absolute Gasteiger partial charge is 0.486 e. The molecule has 3 fully saturated rings. The maximum atomic E-state index is 17.3. The molecule has 5 heterocycles. The minimum Gasteiger partial charge on any atom is -0.486 e. The Labute approximate surface area is 291 Å².